The molecule has 1 N–H and O–H groups in total. The van der Waals surface area contributed by atoms with Crippen molar-refractivity contribution in [2.24, 2.45) is 0 Å². The minimum atomic E-state index is -1.03. The number of aromatic nitrogens is 2. The van der Waals surface area contributed by atoms with Gasteiger partial charge in [-0.25, -0.2) is 9.78 Å². The molecule has 0 bridgehead atoms. The lowest BCUT2D eigenvalue weighted by atomic mass is 10.3. The van der Waals surface area contributed by atoms with Crippen molar-refractivity contribution >= 4 is 11.5 Å². The molecule has 0 aliphatic heterocycles. The molecule has 0 aliphatic rings. The highest BCUT2D eigenvalue weighted by molar-refractivity contribution is 5.90. The minimum absolute atomic E-state index is 0.104. The van der Waals surface area contributed by atoms with E-state index in [1.807, 2.05) is 6.92 Å². The van der Waals surface area contributed by atoms with Crippen LogP contribution < -0.4 is 4.74 Å². The van der Waals surface area contributed by atoms with Crippen molar-refractivity contribution in [3.05, 3.63) is 30.4 Å². The molecule has 0 radical (unpaired) electrons. The number of ether oxygens (including phenoxy) is 1. The Morgan fingerprint density at radius 1 is 1.60 bits per heavy atom. The van der Waals surface area contributed by atoms with Gasteiger partial charge >= 0.3 is 5.97 Å². The Bertz CT molecular complexity index is 504. The first kappa shape index (κ1) is 9.51. The average Bonchev–Trinajstić information content (AvgIpc) is 2.64. The molecule has 2 rings (SSSR count). The van der Waals surface area contributed by atoms with Crippen molar-refractivity contribution < 1.29 is 14.6 Å². The van der Waals surface area contributed by atoms with E-state index in [9.17, 15) is 4.79 Å². The van der Waals surface area contributed by atoms with Crippen LogP contribution in [0.2, 0.25) is 0 Å². The third-order valence-corrected chi connectivity index (χ3v) is 2.05. The molecule has 0 unspecified atom stereocenters. The minimum Gasteiger partial charge on any atom is -0.491 e. The van der Waals surface area contributed by atoms with Crippen molar-refractivity contribution in [2.45, 2.75) is 6.92 Å². The van der Waals surface area contributed by atoms with Gasteiger partial charge in [-0.1, -0.05) is 0 Å². The molecule has 0 atom stereocenters. The maximum atomic E-state index is 11.1. The van der Waals surface area contributed by atoms with Crippen molar-refractivity contribution in [1.82, 2.24) is 9.38 Å². The molecular formula is C10H10N2O3. The van der Waals surface area contributed by atoms with Crippen LogP contribution in [-0.2, 0) is 0 Å². The summed E-state index contributed by atoms with van der Waals surface area (Å²) < 4.78 is 6.74. The Morgan fingerprint density at radius 3 is 3.07 bits per heavy atom. The van der Waals surface area contributed by atoms with Gasteiger partial charge in [-0.2, -0.15) is 0 Å². The van der Waals surface area contributed by atoms with Crippen molar-refractivity contribution in [3.63, 3.8) is 0 Å². The van der Waals surface area contributed by atoms with Gasteiger partial charge in [0, 0.05) is 0 Å². The van der Waals surface area contributed by atoms with E-state index < -0.39 is 5.97 Å². The zero-order chi connectivity index (χ0) is 10.8. The number of carboxylic acid groups (broad SMARTS) is 1. The normalized spacial score (nSPS) is 10.5. The van der Waals surface area contributed by atoms with Crippen LogP contribution in [0.15, 0.2) is 24.7 Å². The highest BCUT2D eigenvalue weighted by Crippen LogP contribution is 2.20. The van der Waals surface area contributed by atoms with Gasteiger partial charge in [0.25, 0.3) is 0 Å². The topological polar surface area (TPSA) is 63.8 Å². The van der Waals surface area contributed by atoms with Crippen LogP contribution in [0.3, 0.4) is 0 Å². The zero-order valence-electron chi connectivity index (χ0n) is 8.17. The molecule has 2 aromatic rings. The number of imidazole rings is 1. The summed E-state index contributed by atoms with van der Waals surface area (Å²) in [5, 5.41) is 9.08. The van der Waals surface area contributed by atoms with Crippen molar-refractivity contribution in [3.8, 4) is 5.75 Å². The van der Waals surface area contributed by atoms with Gasteiger partial charge in [-0.3, -0.25) is 4.40 Å². The zero-order valence-corrected chi connectivity index (χ0v) is 8.17. The maximum Gasteiger partial charge on any atom is 0.356 e. The van der Waals surface area contributed by atoms with E-state index in [0.29, 0.717) is 12.4 Å². The summed E-state index contributed by atoms with van der Waals surface area (Å²) in [4.78, 5) is 15.0. The summed E-state index contributed by atoms with van der Waals surface area (Å²) in [6, 6.07) is 3.41. The summed E-state index contributed by atoms with van der Waals surface area (Å²) in [7, 11) is 0. The lowest BCUT2D eigenvalue weighted by Gasteiger charge is -2.08. The Balaban J connectivity index is 2.69. The first-order chi connectivity index (χ1) is 7.24. The fraction of sp³-hybridized carbons (Fsp3) is 0.200. The number of rotatable bonds is 3. The van der Waals surface area contributed by atoms with Crippen LogP contribution >= 0.6 is 0 Å². The number of nitrogens with zero attached hydrogens (tertiary/aromatic N) is 2. The molecule has 0 aromatic carbocycles. The second-order valence-electron chi connectivity index (χ2n) is 2.97. The van der Waals surface area contributed by atoms with Gasteiger partial charge in [0.1, 0.15) is 0 Å². The van der Waals surface area contributed by atoms with Crippen molar-refractivity contribution in [2.75, 3.05) is 6.61 Å². The van der Waals surface area contributed by atoms with Gasteiger partial charge in [-0.05, 0) is 19.1 Å². The lowest BCUT2D eigenvalue weighted by Crippen LogP contribution is -2.08. The molecule has 5 heteroatoms. The summed E-state index contributed by atoms with van der Waals surface area (Å²) in [5.74, 6) is -0.669. The fourth-order valence-corrected chi connectivity index (χ4v) is 1.45. The SMILES string of the molecule is CCOc1ccc2cncn2c1C(=O)O. The highest BCUT2D eigenvalue weighted by atomic mass is 16.5. The van der Waals surface area contributed by atoms with Gasteiger partial charge < -0.3 is 9.84 Å². The summed E-state index contributed by atoms with van der Waals surface area (Å²) in [5.41, 5.74) is 0.836. The predicted octanol–water partition coefficient (Wildman–Crippen LogP) is 1.43. The van der Waals surface area contributed by atoms with Crippen LogP contribution in [0, 0.1) is 0 Å². The number of carboxylic acids is 1. The van der Waals surface area contributed by atoms with Gasteiger partial charge in [-0.15, -0.1) is 0 Å². The number of hydrogen-bond acceptors (Lipinski definition) is 3. The summed E-state index contributed by atoms with van der Waals surface area (Å²) >= 11 is 0. The number of pyridine rings is 1. The van der Waals surface area contributed by atoms with Crippen LogP contribution in [0.1, 0.15) is 17.4 Å². The van der Waals surface area contributed by atoms with Crippen molar-refractivity contribution in [1.29, 1.82) is 0 Å². The molecule has 78 valence electrons. The quantitative estimate of drug-likeness (QED) is 0.825. The molecule has 2 aromatic heterocycles. The van der Waals surface area contributed by atoms with E-state index in [0.717, 1.165) is 5.52 Å². The standard InChI is InChI=1S/C10H10N2O3/c1-2-15-8-4-3-7-5-11-6-12(7)9(8)10(13)14/h3-6H,2H2,1H3,(H,13,14). The predicted molar refractivity (Wildman–Crippen MR) is 53.3 cm³/mol. The monoisotopic (exact) mass is 206 g/mol. The Morgan fingerprint density at radius 2 is 2.40 bits per heavy atom. The summed E-state index contributed by atoms with van der Waals surface area (Å²) in [6.07, 6.45) is 3.06. The number of fused-ring (bicyclic) bond motifs is 1. The van der Waals surface area contributed by atoms with Gasteiger partial charge in [0.05, 0.1) is 24.6 Å². The lowest BCUT2D eigenvalue weighted by molar-refractivity contribution is 0.0684. The van der Waals surface area contributed by atoms with E-state index in [1.165, 1.54) is 10.7 Å². The first-order valence-electron chi connectivity index (χ1n) is 4.55. The average molecular weight is 206 g/mol. The maximum absolute atomic E-state index is 11.1. The second kappa shape index (κ2) is 3.61. The summed E-state index contributed by atoms with van der Waals surface area (Å²) in [6.45, 7) is 2.24. The number of aromatic carboxylic acids is 1. The molecule has 2 heterocycles. The number of carbonyl (C=O) groups is 1. The molecule has 15 heavy (non-hydrogen) atoms. The van der Waals surface area contributed by atoms with Gasteiger partial charge in [0.2, 0.25) is 0 Å². The Hall–Kier alpha value is -2.04. The Kier molecular flexibility index (Phi) is 2.29. The molecule has 0 saturated heterocycles. The van der Waals surface area contributed by atoms with E-state index in [2.05, 4.69) is 4.98 Å². The third-order valence-electron chi connectivity index (χ3n) is 2.05. The second-order valence-corrected chi connectivity index (χ2v) is 2.97. The molecule has 0 spiro atoms. The van der Waals surface area contributed by atoms with E-state index in [1.54, 1.807) is 18.3 Å². The largest absolute Gasteiger partial charge is 0.491 e. The molecule has 0 aliphatic carbocycles. The van der Waals surface area contributed by atoms with Crippen LogP contribution in [0.25, 0.3) is 5.52 Å². The molecule has 0 saturated carbocycles. The third kappa shape index (κ3) is 1.52. The van der Waals surface area contributed by atoms with E-state index >= 15 is 0 Å². The number of hydrogen-bond donors (Lipinski definition) is 1. The van der Waals surface area contributed by atoms with Crippen LogP contribution in [-0.4, -0.2) is 27.1 Å². The first-order valence-corrected chi connectivity index (χ1v) is 4.55. The highest BCUT2D eigenvalue weighted by Gasteiger charge is 2.15. The smallest absolute Gasteiger partial charge is 0.356 e. The molecular weight excluding hydrogens is 196 g/mol. The molecule has 0 fully saturated rings. The Labute approximate surface area is 85.9 Å². The van der Waals surface area contributed by atoms with Crippen LogP contribution in [0.5, 0.6) is 5.75 Å². The van der Waals surface area contributed by atoms with Crippen LogP contribution in [0.4, 0.5) is 0 Å². The van der Waals surface area contributed by atoms with E-state index in [4.69, 9.17) is 9.84 Å². The van der Waals surface area contributed by atoms with Gasteiger partial charge in [0.15, 0.2) is 11.4 Å². The molecule has 5 nitrogen and oxygen atoms in total. The molecule has 0 amide bonds. The van der Waals surface area contributed by atoms with E-state index in [-0.39, 0.29) is 5.69 Å². The fourth-order valence-electron chi connectivity index (χ4n) is 1.45.